The number of hydrogen-bond donors (Lipinski definition) is 2. The number of aliphatic hydroxyl groups is 1. The van der Waals surface area contributed by atoms with Gasteiger partial charge >= 0.3 is 0 Å². The molecule has 0 aliphatic heterocycles. The summed E-state index contributed by atoms with van der Waals surface area (Å²) in [5.41, 5.74) is 0.300. The molecule has 2 N–H and O–H groups in total. The average molecular weight is 243 g/mol. The van der Waals surface area contributed by atoms with E-state index in [-0.39, 0.29) is 17.7 Å². The Kier molecular flexibility index (Phi) is 3.51. The van der Waals surface area contributed by atoms with Gasteiger partial charge in [-0.15, -0.1) is 0 Å². The molecule has 0 spiro atoms. The number of nitrogens with zero attached hydrogens (tertiary/aromatic N) is 1. The van der Waals surface area contributed by atoms with Crippen LogP contribution in [0.2, 0.25) is 0 Å². The molecular weight excluding hydrogens is 228 g/mol. The highest BCUT2D eigenvalue weighted by Gasteiger charge is 2.21. The predicted molar refractivity (Wildman–Crippen MR) is 63.7 cm³/mol. The summed E-state index contributed by atoms with van der Waals surface area (Å²) < 4.78 is 1.70. The third-order valence-electron chi connectivity index (χ3n) is 3.14. The van der Waals surface area contributed by atoms with E-state index in [0.717, 1.165) is 25.7 Å². The SMILES string of the molecule is O=c1c(NCl)cccn1C1CCC(O)CC1. The summed E-state index contributed by atoms with van der Waals surface area (Å²) in [5.74, 6) is 0. The summed E-state index contributed by atoms with van der Waals surface area (Å²) >= 11 is 5.46. The van der Waals surface area contributed by atoms with E-state index in [1.54, 1.807) is 22.9 Å². The van der Waals surface area contributed by atoms with Crippen LogP contribution in [0.4, 0.5) is 5.69 Å². The topological polar surface area (TPSA) is 54.3 Å². The van der Waals surface area contributed by atoms with Gasteiger partial charge in [-0.3, -0.25) is 9.63 Å². The van der Waals surface area contributed by atoms with Crippen LogP contribution in [0.25, 0.3) is 0 Å². The molecule has 0 unspecified atom stereocenters. The van der Waals surface area contributed by atoms with Crippen molar-refractivity contribution in [3.05, 3.63) is 28.7 Å². The van der Waals surface area contributed by atoms with Crippen molar-refractivity contribution in [1.82, 2.24) is 4.57 Å². The predicted octanol–water partition coefficient (Wildman–Crippen LogP) is 1.89. The van der Waals surface area contributed by atoms with Crippen LogP contribution in [-0.4, -0.2) is 15.8 Å². The highest BCUT2D eigenvalue weighted by atomic mass is 35.5. The second-order valence-corrected chi connectivity index (χ2v) is 4.38. The Balaban J connectivity index is 2.24. The van der Waals surface area contributed by atoms with Gasteiger partial charge in [0.05, 0.1) is 6.10 Å². The fourth-order valence-corrected chi connectivity index (χ4v) is 2.35. The molecule has 1 aliphatic rings. The molecular formula is C11H15ClN2O2. The van der Waals surface area contributed by atoms with Crippen LogP contribution in [0.5, 0.6) is 0 Å². The van der Waals surface area contributed by atoms with Gasteiger partial charge in [-0.1, -0.05) is 0 Å². The summed E-state index contributed by atoms with van der Waals surface area (Å²) in [7, 11) is 0. The Morgan fingerprint density at radius 3 is 2.69 bits per heavy atom. The van der Waals surface area contributed by atoms with E-state index in [1.807, 2.05) is 0 Å². The van der Waals surface area contributed by atoms with Crippen molar-refractivity contribution in [2.75, 3.05) is 4.84 Å². The van der Waals surface area contributed by atoms with Gasteiger partial charge in [0.2, 0.25) is 0 Å². The number of aromatic nitrogens is 1. The first-order valence-electron chi connectivity index (χ1n) is 5.48. The lowest BCUT2D eigenvalue weighted by Gasteiger charge is -2.27. The molecule has 0 atom stereocenters. The first-order chi connectivity index (χ1) is 7.72. The molecule has 1 fully saturated rings. The van der Waals surface area contributed by atoms with Gasteiger partial charge in [0.15, 0.2) is 0 Å². The first kappa shape index (κ1) is 11.5. The number of nitrogens with one attached hydrogen (secondary N) is 1. The highest BCUT2D eigenvalue weighted by molar-refractivity contribution is 6.23. The van der Waals surface area contributed by atoms with Crippen molar-refractivity contribution in [3.63, 3.8) is 0 Å². The third kappa shape index (κ3) is 2.23. The molecule has 1 aromatic heterocycles. The standard InChI is InChI=1S/C11H15ClN2O2/c12-13-10-2-1-7-14(11(10)16)8-3-5-9(15)6-4-8/h1-2,7-9,13,15H,3-6H2. The molecule has 1 saturated carbocycles. The van der Waals surface area contributed by atoms with Crippen molar-refractivity contribution < 1.29 is 5.11 Å². The van der Waals surface area contributed by atoms with Crippen LogP contribution in [0, 0.1) is 0 Å². The van der Waals surface area contributed by atoms with Crippen LogP contribution in [0.3, 0.4) is 0 Å². The molecule has 0 saturated heterocycles. The van der Waals surface area contributed by atoms with Crippen molar-refractivity contribution >= 4 is 17.5 Å². The van der Waals surface area contributed by atoms with Crippen molar-refractivity contribution in [2.45, 2.75) is 37.8 Å². The van der Waals surface area contributed by atoms with Gasteiger partial charge in [-0.05, 0) is 37.8 Å². The fourth-order valence-electron chi connectivity index (χ4n) is 2.21. The molecule has 0 bridgehead atoms. The van der Waals surface area contributed by atoms with Crippen molar-refractivity contribution in [2.24, 2.45) is 0 Å². The Labute approximate surface area is 99.0 Å². The van der Waals surface area contributed by atoms with Crippen LogP contribution < -0.4 is 10.4 Å². The quantitative estimate of drug-likeness (QED) is 0.779. The molecule has 88 valence electrons. The van der Waals surface area contributed by atoms with E-state index < -0.39 is 0 Å². The Morgan fingerprint density at radius 1 is 1.38 bits per heavy atom. The van der Waals surface area contributed by atoms with E-state index >= 15 is 0 Å². The molecule has 0 radical (unpaired) electrons. The van der Waals surface area contributed by atoms with E-state index in [2.05, 4.69) is 4.84 Å². The van der Waals surface area contributed by atoms with Crippen LogP contribution in [0.15, 0.2) is 23.1 Å². The monoisotopic (exact) mass is 242 g/mol. The molecule has 1 aromatic rings. The van der Waals surface area contributed by atoms with Gasteiger partial charge in [-0.25, -0.2) is 0 Å². The number of halogens is 1. The number of aliphatic hydroxyl groups excluding tert-OH is 1. The number of rotatable bonds is 2. The molecule has 0 aromatic carbocycles. The van der Waals surface area contributed by atoms with Crippen molar-refractivity contribution in [1.29, 1.82) is 0 Å². The van der Waals surface area contributed by atoms with Gasteiger partial charge in [-0.2, -0.15) is 0 Å². The fraction of sp³-hybridized carbons (Fsp3) is 0.545. The Bertz CT molecular complexity index is 411. The smallest absolute Gasteiger partial charge is 0.275 e. The van der Waals surface area contributed by atoms with E-state index in [1.165, 1.54) is 0 Å². The minimum Gasteiger partial charge on any atom is -0.393 e. The largest absolute Gasteiger partial charge is 0.393 e. The molecule has 16 heavy (non-hydrogen) atoms. The Hall–Kier alpha value is -1.00. The second kappa shape index (κ2) is 4.89. The summed E-state index contributed by atoms with van der Waals surface area (Å²) in [6.45, 7) is 0. The Morgan fingerprint density at radius 2 is 2.06 bits per heavy atom. The van der Waals surface area contributed by atoms with Gasteiger partial charge in [0, 0.05) is 24.0 Å². The molecule has 4 nitrogen and oxygen atoms in total. The zero-order chi connectivity index (χ0) is 11.5. The summed E-state index contributed by atoms with van der Waals surface area (Å²) in [6, 6.07) is 3.64. The number of hydrogen-bond acceptors (Lipinski definition) is 3. The number of pyridine rings is 1. The minimum absolute atomic E-state index is 0.0983. The lowest BCUT2D eigenvalue weighted by atomic mass is 9.93. The lowest BCUT2D eigenvalue weighted by molar-refractivity contribution is 0.110. The van der Waals surface area contributed by atoms with Crippen LogP contribution in [0.1, 0.15) is 31.7 Å². The third-order valence-corrected chi connectivity index (χ3v) is 3.34. The van der Waals surface area contributed by atoms with Crippen molar-refractivity contribution in [3.8, 4) is 0 Å². The minimum atomic E-state index is -0.207. The second-order valence-electron chi connectivity index (χ2n) is 4.19. The summed E-state index contributed by atoms with van der Waals surface area (Å²) in [4.78, 5) is 14.3. The molecule has 2 rings (SSSR count). The maximum Gasteiger partial charge on any atom is 0.275 e. The van der Waals surface area contributed by atoms with E-state index in [9.17, 15) is 9.90 Å². The highest BCUT2D eigenvalue weighted by Crippen LogP contribution is 2.27. The molecule has 1 aliphatic carbocycles. The summed E-state index contributed by atoms with van der Waals surface area (Å²) in [5, 5.41) is 9.42. The maximum atomic E-state index is 11.9. The van der Waals surface area contributed by atoms with E-state index in [0.29, 0.717) is 5.69 Å². The van der Waals surface area contributed by atoms with Gasteiger partial charge < -0.3 is 9.67 Å². The van der Waals surface area contributed by atoms with E-state index in [4.69, 9.17) is 11.8 Å². The average Bonchev–Trinajstić information content (AvgIpc) is 2.31. The zero-order valence-electron chi connectivity index (χ0n) is 8.90. The zero-order valence-corrected chi connectivity index (χ0v) is 9.65. The van der Waals surface area contributed by atoms with Crippen LogP contribution >= 0.6 is 11.8 Å². The first-order valence-corrected chi connectivity index (χ1v) is 5.86. The lowest BCUT2D eigenvalue weighted by Crippen LogP contribution is -2.29. The molecule has 5 heteroatoms. The maximum absolute atomic E-state index is 11.9. The normalized spacial score (nSPS) is 25.4. The van der Waals surface area contributed by atoms with Gasteiger partial charge in [0.25, 0.3) is 5.56 Å². The number of anilines is 1. The molecule has 1 heterocycles. The summed E-state index contributed by atoms with van der Waals surface area (Å²) in [6.07, 6.45) is 4.77. The molecule has 0 amide bonds. The van der Waals surface area contributed by atoms with Crippen LogP contribution in [-0.2, 0) is 0 Å². The van der Waals surface area contributed by atoms with Gasteiger partial charge in [0.1, 0.15) is 5.69 Å².